The highest BCUT2D eigenvalue weighted by Gasteiger charge is 2.43. The fourth-order valence-electron chi connectivity index (χ4n) is 4.99. The largest absolute Gasteiger partial charge is 0.489 e. The summed E-state index contributed by atoms with van der Waals surface area (Å²) in [6.07, 6.45) is 5.65. The van der Waals surface area contributed by atoms with Crippen molar-refractivity contribution >= 4 is 22.7 Å². The first-order valence-corrected chi connectivity index (χ1v) is 11.0. The molecule has 0 amide bonds. The van der Waals surface area contributed by atoms with E-state index in [9.17, 15) is 9.59 Å². The Balaban J connectivity index is 1.69. The first-order chi connectivity index (χ1) is 15.5. The van der Waals surface area contributed by atoms with E-state index >= 15 is 0 Å². The third-order valence-corrected chi connectivity index (χ3v) is 6.25. The van der Waals surface area contributed by atoms with Crippen LogP contribution in [0.4, 0.5) is 0 Å². The molecule has 6 nitrogen and oxygen atoms in total. The SMILES string of the molecule is C=CC(=O)OCCOc1c2c(c(OCCOC(=O)C=C)c3c(C)cccc13)C1CCC2C1. The molecule has 0 saturated heterocycles. The number of carbonyl (C=O) groups is 2. The van der Waals surface area contributed by atoms with Gasteiger partial charge >= 0.3 is 11.9 Å². The summed E-state index contributed by atoms with van der Waals surface area (Å²) in [5, 5.41) is 2.01. The van der Waals surface area contributed by atoms with Gasteiger partial charge in [-0.05, 0) is 43.6 Å². The fraction of sp³-hybridized carbons (Fsp3) is 0.385. The summed E-state index contributed by atoms with van der Waals surface area (Å²) in [5.74, 6) is 1.70. The maximum Gasteiger partial charge on any atom is 0.330 e. The first kappa shape index (κ1) is 21.9. The van der Waals surface area contributed by atoms with Crippen molar-refractivity contribution in [3.63, 3.8) is 0 Å². The van der Waals surface area contributed by atoms with Crippen LogP contribution < -0.4 is 9.47 Å². The van der Waals surface area contributed by atoms with Crippen molar-refractivity contribution in [3.8, 4) is 11.5 Å². The van der Waals surface area contributed by atoms with Crippen LogP contribution in [0.15, 0.2) is 43.5 Å². The number of aryl methyl sites for hydroxylation is 1. The van der Waals surface area contributed by atoms with E-state index in [2.05, 4.69) is 26.1 Å². The number of hydrogen-bond acceptors (Lipinski definition) is 6. The molecule has 2 aliphatic rings. The molecule has 4 rings (SSSR count). The zero-order valence-electron chi connectivity index (χ0n) is 18.4. The summed E-state index contributed by atoms with van der Waals surface area (Å²) >= 11 is 0. The summed E-state index contributed by atoms with van der Waals surface area (Å²) in [5.41, 5.74) is 3.53. The highest BCUT2D eigenvalue weighted by molar-refractivity contribution is 5.99. The Labute approximate surface area is 187 Å². The van der Waals surface area contributed by atoms with Crippen LogP contribution in [-0.2, 0) is 19.1 Å². The predicted molar refractivity (Wildman–Crippen MR) is 121 cm³/mol. The van der Waals surface area contributed by atoms with E-state index in [1.807, 2.05) is 12.1 Å². The Morgan fingerprint density at radius 1 is 0.906 bits per heavy atom. The van der Waals surface area contributed by atoms with Gasteiger partial charge < -0.3 is 18.9 Å². The molecule has 1 saturated carbocycles. The van der Waals surface area contributed by atoms with E-state index in [0.717, 1.165) is 59.2 Å². The van der Waals surface area contributed by atoms with Crippen molar-refractivity contribution in [3.05, 3.63) is 60.2 Å². The molecule has 168 valence electrons. The molecule has 2 atom stereocenters. The van der Waals surface area contributed by atoms with E-state index in [1.54, 1.807) is 0 Å². The van der Waals surface area contributed by atoms with Crippen molar-refractivity contribution in [2.24, 2.45) is 0 Å². The second-order valence-corrected chi connectivity index (χ2v) is 8.13. The number of carbonyl (C=O) groups excluding carboxylic acids is 2. The van der Waals surface area contributed by atoms with Crippen LogP contribution >= 0.6 is 0 Å². The number of rotatable bonds is 10. The molecular formula is C26H28O6. The highest BCUT2D eigenvalue weighted by Crippen LogP contribution is 2.61. The van der Waals surface area contributed by atoms with Crippen molar-refractivity contribution in [1.29, 1.82) is 0 Å². The molecule has 1 fully saturated rings. The summed E-state index contributed by atoms with van der Waals surface area (Å²) in [6, 6.07) is 6.12. The monoisotopic (exact) mass is 436 g/mol. The third-order valence-electron chi connectivity index (χ3n) is 6.25. The Kier molecular flexibility index (Phi) is 6.49. The van der Waals surface area contributed by atoms with Gasteiger partial charge in [-0.2, -0.15) is 0 Å². The van der Waals surface area contributed by atoms with Gasteiger partial charge in [0, 0.05) is 34.1 Å². The van der Waals surface area contributed by atoms with E-state index in [4.69, 9.17) is 18.9 Å². The molecule has 2 aromatic rings. The summed E-state index contributed by atoms with van der Waals surface area (Å²) in [4.78, 5) is 22.7. The van der Waals surface area contributed by atoms with Gasteiger partial charge in [-0.15, -0.1) is 0 Å². The standard InChI is InChI=1S/C26H28O6/c1-4-20(27)29-11-13-31-25-19-8-6-7-16(3)22(19)26(32-14-12-30-21(28)5-2)24-18-10-9-17(15-18)23(24)25/h4-8,17-18H,1-2,9-15H2,3H3. The lowest BCUT2D eigenvalue weighted by Gasteiger charge is -2.26. The van der Waals surface area contributed by atoms with Gasteiger partial charge in [0.15, 0.2) is 0 Å². The zero-order chi connectivity index (χ0) is 22.7. The van der Waals surface area contributed by atoms with Crippen molar-refractivity contribution < 1.29 is 28.5 Å². The van der Waals surface area contributed by atoms with Crippen LogP contribution in [0, 0.1) is 6.92 Å². The molecule has 6 heteroatoms. The Morgan fingerprint density at radius 3 is 2.06 bits per heavy atom. The number of benzene rings is 2. The third kappa shape index (κ3) is 4.09. The van der Waals surface area contributed by atoms with Crippen LogP contribution in [0.5, 0.6) is 11.5 Å². The van der Waals surface area contributed by atoms with E-state index in [0.29, 0.717) is 11.8 Å². The maximum atomic E-state index is 11.4. The minimum atomic E-state index is -0.459. The van der Waals surface area contributed by atoms with Gasteiger partial charge in [-0.3, -0.25) is 0 Å². The molecule has 0 aromatic heterocycles. The van der Waals surface area contributed by atoms with Crippen molar-refractivity contribution in [1.82, 2.24) is 0 Å². The quantitative estimate of drug-likeness (QED) is 0.305. The van der Waals surface area contributed by atoms with Crippen LogP contribution in [-0.4, -0.2) is 38.4 Å². The van der Waals surface area contributed by atoms with Gasteiger partial charge in [-0.1, -0.05) is 31.4 Å². The maximum absolute atomic E-state index is 11.4. The number of fused-ring (bicyclic) bond motifs is 6. The molecule has 2 unspecified atom stereocenters. The molecule has 0 heterocycles. The minimum Gasteiger partial charge on any atom is -0.489 e. The Hall–Kier alpha value is -3.28. The minimum absolute atomic E-state index is 0.161. The lowest BCUT2D eigenvalue weighted by molar-refractivity contribution is -0.139. The van der Waals surface area contributed by atoms with Crippen molar-refractivity contribution in [2.45, 2.75) is 38.0 Å². The Morgan fingerprint density at radius 2 is 1.47 bits per heavy atom. The molecule has 0 radical (unpaired) electrons. The van der Waals surface area contributed by atoms with E-state index < -0.39 is 11.9 Å². The van der Waals surface area contributed by atoms with E-state index in [1.165, 1.54) is 11.1 Å². The van der Waals surface area contributed by atoms with Gasteiger partial charge in [0.25, 0.3) is 0 Å². The Bertz CT molecular complexity index is 1070. The second kappa shape index (κ2) is 9.47. The molecule has 0 N–H and O–H groups in total. The van der Waals surface area contributed by atoms with Crippen molar-refractivity contribution in [2.75, 3.05) is 26.4 Å². The lowest BCUT2D eigenvalue weighted by atomic mass is 9.86. The number of hydrogen-bond donors (Lipinski definition) is 0. The fourth-order valence-corrected chi connectivity index (χ4v) is 4.99. The van der Waals surface area contributed by atoms with Crippen LogP contribution in [0.3, 0.4) is 0 Å². The number of esters is 2. The molecule has 2 aromatic carbocycles. The van der Waals surface area contributed by atoms with E-state index in [-0.39, 0.29) is 26.4 Å². The van der Waals surface area contributed by atoms with Gasteiger partial charge in [0.2, 0.25) is 0 Å². The zero-order valence-corrected chi connectivity index (χ0v) is 18.4. The van der Waals surface area contributed by atoms with Crippen LogP contribution in [0.25, 0.3) is 10.8 Å². The molecule has 2 bridgehead atoms. The summed E-state index contributed by atoms with van der Waals surface area (Å²) in [7, 11) is 0. The molecule has 0 spiro atoms. The molecule has 2 aliphatic carbocycles. The smallest absolute Gasteiger partial charge is 0.330 e. The van der Waals surface area contributed by atoms with Gasteiger partial charge in [0.05, 0.1) is 0 Å². The molecular weight excluding hydrogens is 408 g/mol. The summed E-state index contributed by atoms with van der Waals surface area (Å²) < 4.78 is 22.7. The average Bonchev–Trinajstić information content (AvgIpc) is 3.42. The highest BCUT2D eigenvalue weighted by atomic mass is 16.6. The van der Waals surface area contributed by atoms with Gasteiger partial charge in [-0.25, -0.2) is 9.59 Å². The predicted octanol–water partition coefficient (Wildman–Crippen LogP) is 4.73. The lowest BCUT2D eigenvalue weighted by Crippen LogP contribution is -2.15. The topological polar surface area (TPSA) is 71.1 Å². The first-order valence-electron chi connectivity index (χ1n) is 11.0. The number of ether oxygens (including phenoxy) is 4. The van der Waals surface area contributed by atoms with Crippen LogP contribution in [0.2, 0.25) is 0 Å². The van der Waals surface area contributed by atoms with Crippen LogP contribution in [0.1, 0.15) is 47.8 Å². The summed E-state index contributed by atoms with van der Waals surface area (Å²) in [6.45, 7) is 9.75. The second-order valence-electron chi connectivity index (χ2n) is 8.13. The average molecular weight is 437 g/mol. The molecule has 32 heavy (non-hydrogen) atoms. The normalized spacial score (nSPS) is 18.2. The van der Waals surface area contributed by atoms with Gasteiger partial charge in [0.1, 0.15) is 37.9 Å². The molecule has 0 aliphatic heterocycles.